The summed E-state index contributed by atoms with van der Waals surface area (Å²) in [5.74, 6) is 0. The van der Waals surface area contributed by atoms with Crippen LogP contribution in [0.3, 0.4) is 0 Å². The molecule has 0 unspecified atom stereocenters. The first-order valence-electron chi connectivity index (χ1n) is 9.38. The summed E-state index contributed by atoms with van der Waals surface area (Å²) >= 11 is 0. The van der Waals surface area contributed by atoms with Crippen LogP contribution in [0.5, 0.6) is 0 Å². The third kappa shape index (κ3) is 4.92. The third-order valence-corrected chi connectivity index (χ3v) is 4.35. The van der Waals surface area contributed by atoms with Gasteiger partial charge < -0.3 is 14.6 Å². The molecule has 0 saturated carbocycles. The minimum absolute atomic E-state index is 0.410. The Morgan fingerprint density at radius 1 is 1.18 bits per heavy atom. The van der Waals surface area contributed by atoms with E-state index in [1.807, 2.05) is 57.2 Å². The number of amides is 1. The van der Waals surface area contributed by atoms with E-state index in [4.69, 9.17) is 4.74 Å². The molecule has 3 rings (SSSR count). The minimum atomic E-state index is -0.510. The van der Waals surface area contributed by atoms with Gasteiger partial charge in [-0.2, -0.15) is 5.26 Å². The number of benzene rings is 2. The maximum absolute atomic E-state index is 11.9. The number of aromatic nitrogens is 1. The zero-order chi connectivity index (χ0) is 20.1. The van der Waals surface area contributed by atoms with Crippen LogP contribution in [0.1, 0.15) is 37.5 Å². The van der Waals surface area contributed by atoms with Gasteiger partial charge in [-0.15, -0.1) is 0 Å². The molecule has 0 saturated heterocycles. The molecule has 0 aliphatic carbocycles. The highest BCUT2D eigenvalue weighted by Crippen LogP contribution is 2.24. The average Bonchev–Trinajstić information content (AvgIpc) is 2.98. The highest BCUT2D eigenvalue weighted by molar-refractivity contribution is 5.85. The molecule has 0 bridgehead atoms. The van der Waals surface area contributed by atoms with E-state index in [1.54, 1.807) is 0 Å². The van der Waals surface area contributed by atoms with Gasteiger partial charge in [-0.25, -0.2) is 4.79 Å². The van der Waals surface area contributed by atoms with Gasteiger partial charge in [-0.1, -0.05) is 36.4 Å². The van der Waals surface area contributed by atoms with E-state index in [-0.39, 0.29) is 0 Å². The number of carbonyl (C=O) groups is 1. The molecule has 1 amide bonds. The van der Waals surface area contributed by atoms with Gasteiger partial charge >= 0.3 is 6.09 Å². The fourth-order valence-electron chi connectivity index (χ4n) is 3.16. The summed E-state index contributed by atoms with van der Waals surface area (Å²) in [6.45, 7) is 6.74. The first-order valence-corrected chi connectivity index (χ1v) is 9.38. The predicted octanol–water partition coefficient (Wildman–Crippen LogP) is 4.63. The van der Waals surface area contributed by atoms with Crippen molar-refractivity contribution in [2.45, 2.75) is 39.3 Å². The number of alkyl carbamates (subject to hydrolysis) is 1. The molecule has 0 aliphatic rings. The second-order valence-corrected chi connectivity index (χ2v) is 7.79. The van der Waals surface area contributed by atoms with Crippen LogP contribution in [0, 0.1) is 11.3 Å². The summed E-state index contributed by atoms with van der Waals surface area (Å²) in [5, 5.41) is 13.2. The summed E-state index contributed by atoms with van der Waals surface area (Å²) < 4.78 is 7.45. The van der Waals surface area contributed by atoms with E-state index in [9.17, 15) is 10.1 Å². The second-order valence-electron chi connectivity index (χ2n) is 7.79. The maximum atomic E-state index is 11.9. The van der Waals surface area contributed by atoms with Crippen LogP contribution in [0.25, 0.3) is 10.9 Å². The van der Waals surface area contributed by atoms with Crippen LogP contribution in [0.15, 0.2) is 54.7 Å². The summed E-state index contributed by atoms with van der Waals surface area (Å²) in [6.07, 6.45) is 2.38. The lowest BCUT2D eigenvalue weighted by atomic mass is 10.1. The SMILES string of the molecule is CC(C)(C)OC(=O)NCCc1cn(Cc2ccccc2)c2cc(C#N)ccc12. The summed E-state index contributed by atoms with van der Waals surface area (Å²) in [5.41, 5.74) is 3.48. The van der Waals surface area contributed by atoms with E-state index in [2.05, 4.69) is 34.3 Å². The van der Waals surface area contributed by atoms with Gasteiger partial charge in [0.25, 0.3) is 0 Å². The Morgan fingerprint density at radius 2 is 1.93 bits per heavy atom. The van der Waals surface area contributed by atoms with Crippen molar-refractivity contribution >= 4 is 17.0 Å². The van der Waals surface area contributed by atoms with Crippen LogP contribution in [-0.4, -0.2) is 22.8 Å². The number of fused-ring (bicyclic) bond motifs is 1. The van der Waals surface area contributed by atoms with Crippen molar-refractivity contribution in [3.63, 3.8) is 0 Å². The zero-order valence-electron chi connectivity index (χ0n) is 16.5. The lowest BCUT2D eigenvalue weighted by molar-refractivity contribution is 0.0528. The summed E-state index contributed by atoms with van der Waals surface area (Å²) in [6, 6.07) is 18.2. The molecule has 1 N–H and O–H groups in total. The van der Waals surface area contributed by atoms with Gasteiger partial charge in [0.15, 0.2) is 0 Å². The summed E-state index contributed by atoms with van der Waals surface area (Å²) in [7, 11) is 0. The molecule has 5 nitrogen and oxygen atoms in total. The Labute approximate surface area is 165 Å². The van der Waals surface area contributed by atoms with Crippen molar-refractivity contribution in [1.29, 1.82) is 5.26 Å². The van der Waals surface area contributed by atoms with Crippen LogP contribution < -0.4 is 5.32 Å². The number of hydrogen-bond donors (Lipinski definition) is 1. The molecule has 0 radical (unpaired) electrons. The number of nitriles is 1. The van der Waals surface area contributed by atoms with Crippen LogP contribution in [0.2, 0.25) is 0 Å². The van der Waals surface area contributed by atoms with Crippen LogP contribution in [-0.2, 0) is 17.7 Å². The standard InChI is InChI=1S/C23H25N3O2/c1-23(2,3)28-22(27)25-12-11-19-16-26(15-17-7-5-4-6-8-17)21-13-18(14-24)9-10-20(19)21/h4-10,13,16H,11-12,15H2,1-3H3,(H,25,27). The van der Waals surface area contributed by atoms with Gasteiger partial charge in [0.1, 0.15) is 5.60 Å². The fourth-order valence-corrected chi connectivity index (χ4v) is 3.16. The molecular formula is C23H25N3O2. The highest BCUT2D eigenvalue weighted by atomic mass is 16.6. The highest BCUT2D eigenvalue weighted by Gasteiger charge is 2.16. The van der Waals surface area contributed by atoms with Crippen molar-refractivity contribution in [3.8, 4) is 6.07 Å². The molecular weight excluding hydrogens is 350 g/mol. The predicted molar refractivity (Wildman–Crippen MR) is 110 cm³/mol. The van der Waals surface area contributed by atoms with E-state index in [0.717, 1.165) is 23.0 Å². The average molecular weight is 375 g/mol. The largest absolute Gasteiger partial charge is 0.444 e. The molecule has 0 atom stereocenters. The first kappa shape index (κ1) is 19.5. The molecule has 3 aromatic rings. The van der Waals surface area contributed by atoms with Crippen molar-refractivity contribution in [1.82, 2.24) is 9.88 Å². The van der Waals surface area contributed by atoms with Crippen molar-refractivity contribution < 1.29 is 9.53 Å². The second kappa shape index (κ2) is 8.18. The number of nitrogens with zero attached hydrogens (tertiary/aromatic N) is 2. The van der Waals surface area contributed by atoms with E-state index >= 15 is 0 Å². The lowest BCUT2D eigenvalue weighted by Gasteiger charge is -2.19. The topological polar surface area (TPSA) is 67.0 Å². The number of nitrogens with one attached hydrogen (secondary N) is 1. The van der Waals surface area contributed by atoms with Crippen molar-refractivity contribution in [3.05, 3.63) is 71.4 Å². The molecule has 2 aromatic carbocycles. The molecule has 1 heterocycles. The van der Waals surface area contributed by atoms with Gasteiger partial charge in [-0.05, 0) is 50.5 Å². The molecule has 0 aliphatic heterocycles. The first-order chi connectivity index (χ1) is 13.4. The van der Waals surface area contributed by atoms with Crippen LogP contribution >= 0.6 is 0 Å². The van der Waals surface area contributed by atoms with Gasteiger partial charge in [0, 0.05) is 30.2 Å². The number of hydrogen-bond acceptors (Lipinski definition) is 3. The fraction of sp³-hybridized carbons (Fsp3) is 0.304. The molecule has 5 heteroatoms. The Balaban J connectivity index is 1.80. The van der Waals surface area contributed by atoms with Gasteiger partial charge in [0.05, 0.1) is 11.6 Å². The van der Waals surface area contributed by atoms with E-state index in [0.29, 0.717) is 18.5 Å². The Morgan fingerprint density at radius 3 is 2.61 bits per heavy atom. The normalized spacial score (nSPS) is 11.2. The zero-order valence-corrected chi connectivity index (χ0v) is 16.5. The Bertz CT molecular complexity index is 1010. The summed E-state index contributed by atoms with van der Waals surface area (Å²) in [4.78, 5) is 11.9. The Hall–Kier alpha value is -3.26. The van der Waals surface area contributed by atoms with Crippen LogP contribution in [0.4, 0.5) is 4.79 Å². The molecule has 28 heavy (non-hydrogen) atoms. The van der Waals surface area contributed by atoms with Gasteiger partial charge in [0.2, 0.25) is 0 Å². The van der Waals surface area contributed by atoms with Crippen molar-refractivity contribution in [2.24, 2.45) is 0 Å². The maximum Gasteiger partial charge on any atom is 0.407 e. The lowest BCUT2D eigenvalue weighted by Crippen LogP contribution is -2.33. The van der Waals surface area contributed by atoms with Crippen molar-refractivity contribution in [2.75, 3.05) is 6.54 Å². The molecule has 1 aromatic heterocycles. The Kier molecular flexibility index (Phi) is 5.70. The molecule has 0 fully saturated rings. The van der Waals surface area contributed by atoms with E-state index in [1.165, 1.54) is 5.56 Å². The van der Waals surface area contributed by atoms with E-state index < -0.39 is 11.7 Å². The minimum Gasteiger partial charge on any atom is -0.444 e. The quantitative estimate of drug-likeness (QED) is 0.707. The number of rotatable bonds is 5. The molecule has 144 valence electrons. The number of carbonyl (C=O) groups excluding carboxylic acids is 1. The number of ether oxygens (including phenoxy) is 1. The smallest absolute Gasteiger partial charge is 0.407 e. The van der Waals surface area contributed by atoms with Gasteiger partial charge in [-0.3, -0.25) is 0 Å². The third-order valence-electron chi connectivity index (χ3n) is 4.35. The molecule has 0 spiro atoms. The monoisotopic (exact) mass is 375 g/mol.